The minimum atomic E-state index is 1.15. The fourth-order valence-corrected chi connectivity index (χ4v) is 2.91. The van der Waals surface area contributed by atoms with Crippen molar-refractivity contribution in [2.24, 2.45) is 0 Å². The normalized spacial score (nSPS) is 11.1. The minimum Gasteiger partial charge on any atom is -0.320 e. The van der Waals surface area contributed by atoms with Gasteiger partial charge >= 0.3 is 0 Å². The van der Waals surface area contributed by atoms with E-state index in [0.29, 0.717) is 0 Å². The van der Waals surface area contributed by atoms with Gasteiger partial charge in [-0.05, 0) is 101 Å². The summed E-state index contributed by atoms with van der Waals surface area (Å²) in [6.07, 6.45) is 6.59. The molecule has 1 N–H and O–H groups in total. The van der Waals surface area contributed by atoms with Crippen LogP contribution in [-0.4, -0.2) is 13.6 Å². The summed E-state index contributed by atoms with van der Waals surface area (Å²) >= 11 is 0. The Bertz CT molecular complexity index is 389. The Morgan fingerprint density at radius 3 is 1.63 bits per heavy atom. The van der Waals surface area contributed by atoms with Gasteiger partial charge in [-0.15, -0.1) is 0 Å². The summed E-state index contributed by atoms with van der Waals surface area (Å²) in [5.74, 6) is 0. The van der Waals surface area contributed by atoms with Crippen LogP contribution >= 0.6 is 0 Å². The minimum absolute atomic E-state index is 1.15. The summed E-state index contributed by atoms with van der Waals surface area (Å²) in [4.78, 5) is 0. The van der Waals surface area contributed by atoms with Gasteiger partial charge in [-0.2, -0.15) is 0 Å². The second-order valence-corrected chi connectivity index (χ2v) is 5.87. The van der Waals surface area contributed by atoms with Crippen molar-refractivity contribution in [2.45, 2.75) is 66.7 Å². The van der Waals surface area contributed by atoms with Crippen LogP contribution in [0.3, 0.4) is 0 Å². The highest BCUT2D eigenvalue weighted by Crippen LogP contribution is 2.27. The molecular formula is C18H31N. The standard InChI is InChI=1S/C18H31N/c1-13-14(2)16(4)18(17(5)15(13)3)11-9-7-8-10-12-19-6/h19H,7-12H2,1-6H3. The molecule has 0 aliphatic carbocycles. The highest BCUT2D eigenvalue weighted by atomic mass is 14.8. The van der Waals surface area contributed by atoms with Crippen molar-refractivity contribution in [1.82, 2.24) is 5.32 Å². The number of benzene rings is 1. The van der Waals surface area contributed by atoms with Crippen LogP contribution in [0.5, 0.6) is 0 Å². The van der Waals surface area contributed by atoms with Crippen molar-refractivity contribution >= 4 is 0 Å². The maximum atomic E-state index is 3.22. The van der Waals surface area contributed by atoms with Crippen molar-refractivity contribution < 1.29 is 0 Å². The average Bonchev–Trinajstić information content (AvgIpc) is 2.41. The number of hydrogen-bond acceptors (Lipinski definition) is 1. The lowest BCUT2D eigenvalue weighted by Gasteiger charge is -2.18. The molecule has 0 aliphatic heterocycles. The van der Waals surface area contributed by atoms with Gasteiger partial charge < -0.3 is 5.32 Å². The van der Waals surface area contributed by atoms with Crippen LogP contribution in [0.15, 0.2) is 0 Å². The van der Waals surface area contributed by atoms with Crippen LogP contribution in [-0.2, 0) is 6.42 Å². The van der Waals surface area contributed by atoms with Gasteiger partial charge in [0.25, 0.3) is 0 Å². The molecule has 108 valence electrons. The van der Waals surface area contributed by atoms with E-state index in [1.165, 1.54) is 59.9 Å². The molecule has 0 aliphatic rings. The van der Waals surface area contributed by atoms with E-state index in [1.807, 2.05) is 7.05 Å². The summed E-state index contributed by atoms with van der Waals surface area (Å²) in [7, 11) is 2.03. The Morgan fingerprint density at radius 1 is 0.632 bits per heavy atom. The van der Waals surface area contributed by atoms with Gasteiger partial charge in [-0.1, -0.05) is 12.8 Å². The van der Waals surface area contributed by atoms with E-state index in [1.54, 1.807) is 5.56 Å². The topological polar surface area (TPSA) is 12.0 Å². The number of rotatable bonds is 7. The molecule has 0 saturated carbocycles. The fourth-order valence-electron chi connectivity index (χ4n) is 2.91. The van der Waals surface area contributed by atoms with E-state index in [0.717, 1.165) is 6.54 Å². The molecule has 0 heterocycles. The van der Waals surface area contributed by atoms with Crippen molar-refractivity contribution in [1.29, 1.82) is 0 Å². The summed E-state index contributed by atoms with van der Waals surface area (Å²) in [5, 5.41) is 3.22. The molecule has 0 aromatic heterocycles. The van der Waals surface area contributed by atoms with Crippen LogP contribution < -0.4 is 5.32 Å². The zero-order chi connectivity index (χ0) is 14.4. The third-order valence-corrected chi connectivity index (χ3v) is 4.76. The van der Waals surface area contributed by atoms with E-state index in [9.17, 15) is 0 Å². The van der Waals surface area contributed by atoms with Gasteiger partial charge in [0.05, 0.1) is 0 Å². The van der Waals surface area contributed by atoms with E-state index in [-0.39, 0.29) is 0 Å². The zero-order valence-corrected chi connectivity index (χ0v) is 13.7. The van der Waals surface area contributed by atoms with Crippen molar-refractivity contribution in [3.05, 3.63) is 33.4 Å². The zero-order valence-electron chi connectivity index (χ0n) is 13.7. The maximum absolute atomic E-state index is 3.22. The van der Waals surface area contributed by atoms with Gasteiger partial charge in [0.1, 0.15) is 0 Å². The molecule has 0 unspecified atom stereocenters. The largest absolute Gasteiger partial charge is 0.320 e. The van der Waals surface area contributed by atoms with Crippen LogP contribution in [0.4, 0.5) is 0 Å². The predicted octanol–water partition coefficient (Wildman–Crippen LogP) is 4.55. The molecular weight excluding hydrogens is 230 g/mol. The van der Waals surface area contributed by atoms with E-state index in [4.69, 9.17) is 0 Å². The van der Waals surface area contributed by atoms with Crippen LogP contribution in [0, 0.1) is 34.6 Å². The molecule has 0 amide bonds. The lowest BCUT2D eigenvalue weighted by Crippen LogP contribution is -2.07. The average molecular weight is 261 g/mol. The summed E-state index contributed by atoms with van der Waals surface area (Å²) in [6, 6.07) is 0. The van der Waals surface area contributed by atoms with Crippen LogP contribution in [0.1, 0.15) is 59.1 Å². The Hall–Kier alpha value is -0.820. The molecule has 1 heteroatoms. The maximum Gasteiger partial charge on any atom is -0.00519 e. The molecule has 0 saturated heterocycles. The van der Waals surface area contributed by atoms with Crippen molar-refractivity contribution in [2.75, 3.05) is 13.6 Å². The SMILES string of the molecule is CNCCCCCCc1c(C)c(C)c(C)c(C)c1C. The Labute approximate surface area is 119 Å². The quantitative estimate of drug-likeness (QED) is 0.710. The number of unbranched alkanes of at least 4 members (excludes halogenated alkanes) is 3. The molecule has 19 heavy (non-hydrogen) atoms. The fraction of sp³-hybridized carbons (Fsp3) is 0.667. The summed E-state index contributed by atoms with van der Waals surface area (Å²) < 4.78 is 0. The first-order valence-corrected chi connectivity index (χ1v) is 7.71. The van der Waals surface area contributed by atoms with E-state index >= 15 is 0 Å². The molecule has 1 nitrogen and oxygen atoms in total. The first-order valence-electron chi connectivity index (χ1n) is 7.71. The Morgan fingerprint density at radius 2 is 1.11 bits per heavy atom. The first-order chi connectivity index (χ1) is 9.00. The highest BCUT2D eigenvalue weighted by Gasteiger charge is 2.11. The third-order valence-electron chi connectivity index (χ3n) is 4.76. The van der Waals surface area contributed by atoms with Crippen LogP contribution in [0.2, 0.25) is 0 Å². The smallest absolute Gasteiger partial charge is 0.00519 e. The second kappa shape index (κ2) is 7.69. The molecule has 1 aromatic carbocycles. The molecule has 0 spiro atoms. The van der Waals surface area contributed by atoms with Gasteiger partial charge in [0.2, 0.25) is 0 Å². The Balaban J connectivity index is 2.64. The number of hydrogen-bond donors (Lipinski definition) is 1. The third kappa shape index (κ3) is 4.07. The molecule has 0 radical (unpaired) electrons. The molecule has 1 aromatic rings. The van der Waals surface area contributed by atoms with Gasteiger partial charge in [0.15, 0.2) is 0 Å². The lowest BCUT2D eigenvalue weighted by atomic mass is 9.87. The molecule has 0 fully saturated rings. The first kappa shape index (κ1) is 16.2. The van der Waals surface area contributed by atoms with Crippen LogP contribution in [0.25, 0.3) is 0 Å². The molecule has 0 atom stereocenters. The van der Waals surface area contributed by atoms with Gasteiger partial charge in [-0.3, -0.25) is 0 Å². The lowest BCUT2D eigenvalue weighted by molar-refractivity contribution is 0.615. The van der Waals surface area contributed by atoms with Crippen molar-refractivity contribution in [3.8, 4) is 0 Å². The predicted molar refractivity (Wildman–Crippen MR) is 86.2 cm³/mol. The van der Waals surface area contributed by atoms with E-state index < -0.39 is 0 Å². The monoisotopic (exact) mass is 261 g/mol. The molecule has 1 rings (SSSR count). The Kier molecular flexibility index (Phi) is 6.57. The van der Waals surface area contributed by atoms with Crippen molar-refractivity contribution in [3.63, 3.8) is 0 Å². The van der Waals surface area contributed by atoms with E-state index in [2.05, 4.69) is 39.9 Å². The second-order valence-electron chi connectivity index (χ2n) is 5.87. The molecule has 0 bridgehead atoms. The summed E-state index contributed by atoms with van der Waals surface area (Å²) in [5.41, 5.74) is 9.12. The number of nitrogens with one attached hydrogen (secondary N) is 1. The van der Waals surface area contributed by atoms with Gasteiger partial charge in [0, 0.05) is 0 Å². The summed E-state index contributed by atoms with van der Waals surface area (Å²) in [6.45, 7) is 12.5. The van der Waals surface area contributed by atoms with Gasteiger partial charge in [-0.25, -0.2) is 0 Å². The highest BCUT2D eigenvalue weighted by molar-refractivity contribution is 5.49.